The number of amidine groups is 1. The number of nitrogens with zero attached hydrogens (tertiary/aromatic N) is 2. The Morgan fingerprint density at radius 1 is 1.37 bits per heavy atom. The van der Waals surface area contributed by atoms with Gasteiger partial charge >= 0.3 is 0 Å². The first-order valence-electron chi connectivity index (χ1n) is 11.3. The number of rotatable bonds is 12. The van der Waals surface area contributed by atoms with Crippen molar-refractivity contribution < 1.29 is 28.9 Å². The molecular weight excluding hydrogens is 457 g/mol. The maximum absolute atomic E-state index is 14.7. The van der Waals surface area contributed by atoms with Crippen molar-refractivity contribution >= 4 is 23.3 Å². The van der Waals surface area contributed by atoms with Crippen LogP contribution in [0.1, 0.15) is 20.3 Å². The standard InChI is InChI=1S/C24H34FN5O5/c1-15(2)10-19(24(34)28-21(26)8-9-27-12-16(32)14-31)30-13-17(11-22(30)33)35-20-7-5-6-18(23(20)25)29(3)4/h5-9,11,15-16,19,27,31-32H,10,12-14H2,1-4H3,(H2,26,28,34)/b9-8-/t16-,19+/m1/s1. The zero-order chi connectivity index (χ0) is 26.1. The minimum Gasteiger partial charge on any atom is -0.456 e. The van der Waals surface area contributed by atoms with Gasteiger partial charge in [-0.3, -0.25) is 15.0 Å². The predicted octanol–water partition coefficient (Wildman–Crippen LogP) is 0.961. The van der Waals surface area contributed by atoms with Crippen LogP contribution in [0, 0.1) is 17.1 Å². The van der Waals surface area contributed by atoms with Crippen LogP contribution in [0.25, 0.3) is 0 Å². The summed E-state index contributed by atoms with van der Waals surface area (Å²) in [5.74, 6) is -1.47. The number of carbonyl (C=O) groups is 2. The van der Waals surface area contributed by atoms with E-state index in [4.69, 9.17) is 15.3 Å². The van der Waals surface area contributed by atoms with E-state index in [1.165, 1.54) is 29.3 Å². The number of hydrogen-bond donors (Lipinski definition) is 5. The van der Waals surface area contributed by atoms with Crippen LogP contribution in [-0.4, -0.2) is 78.7 Å². The average Bonchev–Trinajstić information content (AvgIpc) is 3.15. The molecular formula is C24H34FN5O5. The number of aliphatic hydroxyl groups is 2. The molecule has 1 aliphatic heterocycles. The molecule has 0 saturated carbocycles. The third kappa shape index (κ3) is 8.08. The number of hydrogen-bond acceptors (Lipinski definition) is 8. The molecule has 2 atom stereocenters. The van der Waals surface area contributed by atoms with E-state index in [1.54, 1.807) is 31.1 Å². The van der Waals surface area contributed by atoms with Crippen molar-refractivity contribution in [3.63, 3.8) is 0 Å². The van der Waals surface area contributed by atoms with Crippen LogP contribution in [0.4, 0.5) is 10.1 Å². The van der Waals surface area contributed by atoms with Gasteiger partial charge in [0.05, 0.1) is 24.9 Å². The second-order valence-corrected chi connectivity index (χ2v) is 8.79. The molecule has 0 saturated heterocycles. The summed E-state index contributed by atoms with van der Waals surface area (Å²) in [4.78, 5) is 28.6. The van der Waals surface area contributed by atoms with Gasteiger partial charge in [-0.2, -0.15) is 0 Å². The molecule has 35 heavy (non-hydrogen) atoms. The van der Waals surface area contributed by atoms with Crippen molar-refractivity contribution in [1.29, 1.82) is 5.41 Å². The molecule has 0 bridgehead atoms. The molecule has 192 valence electrons. The first kappa shape index (κ1) is 27.8. The zero-order valence-corrected chi connectivity index (χ0v) is 20.4. The van der Waals surface area contributed by atoms with Crippen LogP contribution in [0.3, 0.4) is 0 Å². The molecule has 0 unspecified atom stereocenters. The number of nitrogens with one attached hydrogen (secondary N) is 3. The minimum absolute atomic E-state index is 0.0148. The Balaban J connectivity index is 2.06. The Bertz CT molecular complexity index is 979. The van der Waals surface area contributed by atoms with E-state index >= 15 is 0 Å². The van der Waals surface area contributed by atoms with E-state index in [9.17, 15) is 19.1 Å². The van der Waals surface area contributed by atoms with Gasteiger partial charge in [0.15, 0.2) is 11.6 Å². The summed E-state index contributed by atoms with van der Waals surface area (Å²) in [6.07, 6.45) is 3.30. The highest BCUT2D eigenvalue weighted by molar-refractivity contribution is 6.05. The Hall–Kier alpha value is -3.44. The highest BCUT2D eigenvalue weighted by atomic mass is 19.1. The average molecular weight is 492 g/mol. The first-order chi connectivity index (χ1) is 16.5. The topological polar surface area (TPSA) is 138 Å². The summed E-state index contributed by atoms with van der Waals surface area (Å²) in [6, 6.07) is 3.86. The summed E-state index contributed by atoms with van der Waals surface area (Å²) in [7, 11) is 3.41. The molecule has 11 heteroatoms. The monoisotopic (exact) mass is 491 g/mol. The molecule has 0 fully saturated rings. The van der Waals surface area contributed by atoms with Crippen molar-refractivity contribution in [3.8, 4) is 5.75 Å². The fraction of sp³-hybridized carbons (Fsp3) is 0.458. The number of benzene rings is 1. The van der Waals surface area contributed by atoms with Gasteiger partial charge in [-0.25, -0.2) is 4.39 Å². The van der Waals surface area contributed by atoms with E-state index in [2.05, 4.69) is 10.6 Å². The molecule has 0 aromatic heterocycles. The molecule has 1 aliphatic rings. The maximum atomic E-state index is 14.7. The van der Waals surface area contributed by atoms with Gasteiger partial charge in [-0.15, -0.1) is 0 Å². The van der Waals surface area contributed by atoms with E-state index in [0.717, 1.165) is 0 Å². The zero-order valence-electron chi connectivity index (χ0n) is 20.4. The second-order valence-electron chi connectivity index (χ2n) is 8.79. The molecule has 0 radical (unpaired) electrons. The van der Waals surface area contributed by atoms with E-state index in [-0.39, 0.29) is 36.4 Å². The summed E-state index contributed by atoms with van der Waals surface area (Å²) in [5.41, 5.74) is 0.341. The summed E-state index contributed by atoms with van der Waals surface area (Å²) in [5, 5.41) is 31.2. The number of aliphatic hydroxyl groups excluding tert-OH is 2. The molecule has 10 nitrogen and oxygen atoms in total. The number of halogens is 1. The Labute approximate surface area is 204 Å². The largest absolute Gasteiger partial charge is 0.456 e. The van der Waals surface area contributed by atoms with E-state index in [0.29, 0.717) is 12.1 Å². The molecule has 5 N–H and O–H groups in total. The summed E-state index contributed by atoms with van der Waals surface area (Å²) in [6.45, 7) is 3.49. The fourth-order valence-electron chi connectivity index (χ4n) is 3.39. The van der Waals surface area contributed by atoms with Gasteiger partial charge in [0.25, 0.3) is 5.91 Å². The van der Waals surface area contributed by atoms with Crippen LogP contribution in [0.5, 0.6) is 5.75 Å². The second kappa shape index (κ2) is 12.9. The van der Waals surface area contributed by atoms with Crippen molar-refractivity contribution in [2.45, 2.75) is 32.4 Å². The van der Waals surface area contributed by atoms with Crippen LogP contribution >= 0.6 is 0 Å². The molecule has 2 amide bonds. The Morgan fingerprint density at radius 3 is 2.71 bits per heavy atom. The molecule has 1 aromatic rings. The number of ether oxygens (including phenoxy) is 1. The number of anilines is 1. The first-order valence-corrected chi connectivity index (χ1v) is 11.3. The van der Waals surface area contributed by atoms with Crippen molar-refractivity contribution in [2.75, 3.05) is 38.7 Å². The van der Waals surface area contributed by atoms with Crippen molar-refractivity contribution in [2.24, 2.45) is 5.92 Å². The van der Waals surface area contributed by atoms with Gasteiger partial charge < -0.3 is 35.4 Å². The molecule has 1 heterocycles. The molecule has 0 aliphatic carbocycles. The molecule has 2 rings (SSSR count). The van der Waals surface area contributed by atoms with Crippen LogP contribution in [0.2, 0.25) is 0 Å². The Kier molecular flexibility index (Phi) is 10.2. The van der Waals surface area contributed by atoms with Crippen LogP contribution in [0.15, 0.2) is 42.3 Å². The maximum Gasteiger partial charge on any atom is 0.251 e. The predicted molar refractivity (Wildman–Crippen MR) is 130 cm³/mol. The highest BCUT2D eigenvalue weighted by Gasteiger charge is 2.35. The lowest BCUT2D eigenvalue weighted by Gasteiger charge is -2.28. The summed E-state index contributed by atoms with van der Waals surface area (Å²) >= 11 is 0. The lowest BCUT2D eigenvalue weighted by molar-refractivity contribution is -0.135. The third-order valence-electron chi connectivity index (χ3n) is 5.12. The van der Waals surface area contributed by atoms with Gasteiger partial charge in [0, 0.05) is 32.9 Å². The quantitative estimate of drug-likeness (QED) is 0.217. The van der Waals surface area contributed by atoms with Gasteiger partial charge in [0.1, 0.15) is 17.6 Å². The van der Waals surface area contributed by atoms with Crippen LogP contribution < -0.4 is 20.3 Å². The van der Waals surface area contributed by atoms with Crippen molar-refractivity contribution in [1.82, 2.24) is 15.5 Å². The van der Waals surface area contributed by atoms with E-state index < -0.39 is 36.4 Å². The fourth-order valence-corrected chi connectivity index (χ4v) is 3.39. The number of carbonyl (C=O) groups excluding carboxylic acids is 2. The lowest BCUT2D eigenvalue weighted by atomic mass is 10.0. The minimum atomic E-state index is -0.942. The SMILES string of the molecule is CC(C)C[C@@H](C(=O)NC(=N)/C=C\NC[C@@H](O)CO)N1CC(Oc2cccc(N(C)C)c2F)=CC1=O. The smallest absolute Gasteiger partial charge is 0.251 e. The highest BCUT2D eigenvalue weighted by Crippen LogP contribution is 2.29. The van der Waals surface area contributed by atoms with Crippen molar-refractivity contribution in [3.05, 3.63) is 48.1 Å². The van der Waals surface area contributed by atoms with Crippen LogP contribution in [-0.2, 0) is 9.59 Å². The van der Waals surface area contributed by atoms with Gasteiger partial charge in [-0.05, 0) is 30.5 Å². The Morgan fingerprint density at radius 2 is 2.09 bits per heavy atom. The summed E-state index contributed by atoms with van der Waals surface area (Å²) < 4.78 is 20.4. The van der Waals surface area contributed by atoms with Gasteiger partial charge in [0.2, 0.25) is 5.91 Å². The normalized spacial score (nSPS) is 15.3. The number of amides is 2. The molecule has 1 aromatic carbocycles. The lowest BCUT2D eigenvalue weighted by Crippen LogP contribution is -2.49. The van der Waals surface area contributed by atoms with Gasteiger partial charge in [-0.1, -0.05) is 19.9 Å². The third-order valence-corrected chi connectivity index (χ3v) is 5.12. The molecule has 0 spiro atoms. The van der Waals surface area contributed by atoms with E-state index in [1.807, 2.05) is 13.8 Å².